The van der Waals surface area contributed by atoms with Gasteiger partial charge in [-0.25, -0.2) is 10.4 Å². The highest BCUT2D eigenvalue weighted by atomic mass is 32.1. The normalized spacial score (nSPS) is 17.4. The number of nitrogens with one attached hydrogen (secondary N) is 2. The second-order valence-corrected chi connectivity index (χ2v) is 9.92. The first-order valence-electron chi connectivity index (χ1n) is 12.0. The number of amides is 1. The molecule has 5 rings (SSSR count). The molecule has 0 atom stereocenters. The van der Waals surface area contributed by atoms with Crippen LogP contribution in [0.25, 0.3) is 10.2 Å². The number of carbonyl (C=O) groups is 1. The summed E-state index contributed by atoms with van der Waals surface area (Å²) in [5.41, 5.74) is 5.16. The van der Waals surface area contributed by atoms with Crippen LogP contribution in [0.2, 0.25) is 0 Å². The van der Waals surface area contributed by atoms with Gasteiger partial charge in [-0.3, -0.25) is 4.79 Å². The van der Waals surface area contributed by atoms with Crippen molar-refractivity contribution in [2.75, 3.05) is 36.6 Å². The van der Waals surface area contributed by atoms with Crippen LogP contribution in [0.1, 0.15) is 52.9 Å². The average Bonchev–Trinajstić information content (AvgIpc) is 3.29. The maximum Gasteiger partial charge on any atom is 0.261 e. The molecule has 0 unspecified atom stereocenters. The Morgan fingerprint density at radius 3 is 2.79 bits per heavy atom. The summed E-state index contributed by atoms with van der Waals surface area (Å²) in [4.78, 5) is 26.1. The van der Waals surface area contributed by atoms with Crippen molar-refractivity contribution in [3.8, 4) is 0 Å². The van der Waals surface area contributed by atoms with Gasteiger partial charge in [0.05, 0.1) is 29.7 Å². The number of anilines is 2. The van der Waals surface area contributed by atoms with Crippen LogP contribution >= 0.6 is 11.3 Å². The Morgan fingerprint density at radius 1 is 1.18 bits per heavy atom. The van der Waals surface area contributed by atoms with Crippen LogP contribution in [-0.2, 0) is 4.74 Å². The number of carbonyl (C=O) groups excluding carboxylic acids is 1. The van der Waals surface area contributed by atoms with E-state index >= 15 is 0 Å². The van der Waals surface area contributed by atoms with Crippen molar-refractivity contribution in [3.63, 3.8) is 0 Å². The fourth-order valence-corrected chi connectivity index (χ4v) is 5.43. The molecular weight excluding hydrogens is 448 g/mol. The number of benzene rings is 1. The molecule has 34 heavy (non-hydrogen) atoms. The summed E-state index contributed by atoms with van der Waals surface area (Å²) in [6.45, 7) is 4.85. The highest BCUT2D eigenvalue weighted by Gasteiger charge is 2.23. The smallest absolute Gasteiger partial charge is 0.261 e. The lowest BCUT2D eigenvalue weighted by Gasteiger charge is -2.28. The Kier molecular flexibility index (Phi) is 7.01. The third kappa shape index (κ3) is 5.37. The number of hydrogen-bond acceptors (Lipinski definition) is 8. The van der Waals surface area contributed by atoms with Crippen molar-refractivity contribution >= 4 is 45.4 Å². The van der Waals surface area contributed by atoms with E-state index in [1.807, 2.05) is 18.2 Å². The molecule has 1 saturated carbocycles. The van der Waals surface area contributed by atoms with E-state index in [-0.39, 0.29) is 11.9 Å². The molecule has 0 spiro atoms. The number of hydrazone groups is 1. The number of morpholine rings is 1. The molecule has 9 heteroatoms. The molecule has 2 aromatic heterocycles. The van der Waals surface area contributed by atoms with Gasteiger partial charge in [0.25, 0.3) is 5.91 Å². The summed E-state index contributed by atoms with van der Waals surface area (Å²) in [6, 6.07) is 10.3. The first kappa shape index (κ1) is 22.7. The molecule has 178 valence electrons. The molecule has 0 bridgehead atoms. The zero-order chi connectivity index (χ0) is 23.3. The number of aromatic nitrogens is 2. The number of fused-ring (bicyclic) bond motifs is 1. The molecule has 3 heterocycles. The summed E-state index contributed by atoms with van der Waals surface area (Å²) in [6.07, 6.45) is 7.50. The second kappa shape index (κ2) is 10.5. The van der Waals surface area contributed by atoms with Crippen molar-refractivity contribution in [3.05, 3.63) is 46.3 Å². The highest BCUT2D eigenvalue weighted by Crippen LogP contribution is 2.33. The van der Waals surface area contributed by atoms with Gasteiger partial charge in [0.15, 0.2) is 0 Å². The van der Waals surface area contributed by atoms with Crippen LogP contribution in [-0.4, -0.2) is 54.4 Å². The van der Waals surface area contributed by atoms with Gasteiger partial charge in [-0.05, 0) is 31.4 Å². The molecule has 2 aliphatic rings. The lowest BCUT2D eigenvalue weighted by Crippen LogP contribution is -2.37. The third-order valence-corrected chi connectivity index (χ3v) is 7.30. The minimum atomic E-state index is -0.0187. The van der Waals surface area contributed by atoms with Gasteiger partial charge in [0, 0.05) is 19.1 Å². The van der Waals surface area contributed by atoms with E-state index in [1.165, 1.54) is 36.2 Å². The first-order valence-corrected chi connectivity index (χ1v) is 12.8. The Labute approximate surface area is 203 Å². The van der Waals surface area contributed by atoms with Crippen molar-refractivity contribution in [2.24, 2.45) is 5.10 Å². The van der Waals surface area contributed by atoms with E-state index in [0.717, 1.165) is 47.5 Å². The van der Waals surface area contributed by atoms with Gasteiger partial charge in [-0.2, -0.15) is 10.1 Å². The third-order valence-electron chi connectivity index (χ3n) is 6.27. The summed E-state index contributed by atoms with van der Waals surface area (Å²) in [5, 5.41) is 8.46. The molecule has 1 amide bonds. The van der Waals surface area contributed by atoms with Gasteiger partial charge in [0.2, 0.25) is 5.95 Å². The minimum Gasteiger partial charge on any atom is -0.378 e. The molecule has 1 aliphatic heterocycles. The van der Waals surface area contributed by atoms with E-state index in [4.69, 9.17) is 9.72 Å². The molecule has 2 N–H and O–H groups in total. The van der Waals surface area contributed by atoms with Gasteiger partial charge in [-0.15, -0.1) is 11.3 Å². The van der Waals surface area contributed by atoms with Gasteiger partial charge in [-0.1, -0.05) is 49.1 Å². The molecule has 0 radical (unpaired) electrons. The summed E-state index contributed by atoms with van der Waals surface area (Å²) in [5.74, 6) is 1.21. The monoisotopic (exact) mass is 478 g/mol. The van der Waals surface area contributed by atoms with E-state index in [9.17, 15) is 4.79 Å². The van der Waals surface area contributed by atoms with E-state index in [0.29, 0.717) is 24.0 Å². The van der Waals surface area contributed by atoms with Crippen molar-refractivity contribution in [1.29, 1.82) is 0 Å². The fourth-order valence-electron chi connectivity index (χ4n) is 4.50. The predicted octanol–water partition coefficient (Wildman–Crippen LogP) is 4.34. The second-order valence-electron chi connectivity index (χ2n) is 8.89. The van der Waals surface area contributed by atoms with Gasteiger partial charge < -0.3 is 15.0 Å². The van der Waals surface area contributed by atoms with Gasteiger partial charge in [0.1, 0.15) is 10.6 Å². The Morgan fingerprint density at radius 2 is 2.00 bits per heavy atom. The summed E-state index contributed by atoms with van der Waals surface area (Å²) in [7, 11) is 0. The number of nitrogens with zero attached hydrogens (tertiary/aromatic N) is 4. The minimum absolute atomic E-state index is 0.0187. The molecular formula is C25H30N6O2S. The molecule has 1 aromatic carbocycles. The predicted molar refractivity (Wildman–Crippen MR) is 137 cm³/mol. The van der Waals surface area contributed by atoms with Crippen LogP contribution in [0, 0.1) is 6.92 Å². The van der Waals surface area contributed by atoms with Crippen molar-refractivity contribution in [2.45, 2.75) is 45.1 Å². The number of ether oxygens (including phenoxy) is 1. The zero-order valence-corrected chi connectivity index (χ0v) is 20.2. The molecule has 2 fully saturated rings. The van der Waals surface area contributed by atoms with Gasteiger partial charge >= 0.3 is 0 Å². The van der Waals surface area contributed by atoms with Crippen LogP contribution in [0.4, 0.5) is 11.8 Å². The van der Waals surface area contributed by atoms with E-state index in [1.54, 1.807) is 6.21 Å². The number of aryl methyl sites for hydroxylation is 1. The molecule has 3 aromatic rings. The Balaban J connectivity index is 1.41. The van der Waals surface area contributed by atoms with Crippen LogP contribution in [0.3, 0.4) is 0 Å². The Hall–Kier alpha value is -3.04. The molecule has 1 saturated heterocycles. The maximum atomic E-state index is 13.0. The quantitative estimate of drug-likeness (QED) is 0.404. The maximum absolute atomic E-state index is 13.0. The lowest BCUT2D eigenvalue weighted by molar-refractivity contribution is 0.0932. The number of thiophene rings is 1. The Bertz CT molecular complexity index is 1180. The molecule has 1 aliphatic carbocycles. The van der Waals surface area contributed by atoms with Crippen LogP contribution in [0.5, 0.6) is 0 Å². The fraction of sp³-hybridized carbons (Fsp3) is 0.440. The van der Waals surface area contributed by atoms with E-state index < -0.39 is 0 Å². The van der Waals surface area contributed by atoms with Crippen LogP contribution < -0.4 is 15.6 Å². The van der Waals surface area contributed by atoms with Crippen LogP contribution in [0.15, 0.2) is 35.4 Å². The van der Waals surface area contributed by atoms with Crippen molar-refractivity contribution < 1.29 is 9.53 Å². The lowest BCUT2D eigenvalue weighted by atomic mass is 9.95. The highest BCUT2D eigenvalue weighted by molar-refractivity contribution is 7.20. The van der Waals surface area contributed by atoms with E-state index in [2.05, 4.69) is 44.8 Å². The topological polar surface area (TPSA) is 91.7 Å². The first-order chi connectivity index (χ1) is 16.7. The summed E-state index contributed by atoms with van der Waals surface area (Å²) >= 11 is 1.41. The zero-order valence-electron chi connectivity index (χ0n) is 19.4. The number of hydrogen-bond donors (Lipinski definition) is 2. The molecule has 8 nitrogen and oxygen atoms in total. The number of rotatable bonds is 6. The average molecular weight is 479 g/mol. The SMILES string of the molecule is Cc1cccc(/C=N/Nc2nc(N3CCOCC3)c3cc(C(=O)NC4CCCCC4)sc3n2)c1. The standard InChI is InChI=1S/C25H30N6O2S/c1-17-6-5-7-18(14-17)16-26-30-25-28-22(31-10-12-33-13-11-31)20-15-21(34-24(20)29-25)23(32)27-19-8-3-2-4-9-19/h5-7,14-16,19H,2-4,8-13H2,1H3,(H,27,32)(H,28,29,30)/b26-16+. The van der Waals surface area contributed by atoms with Crippen molar-refractivity contribution in [1.82, 2.24) is 15.3 Å². The largest absolute Gasteiger partial charge is 0.378 e. The summed E-state index contributed by atoms with van der Waals surface area (Å²) < 4.78 is 5.53.